The van der Waals surface area contributed by atoms with Crippen molar-refractivity contribution in [3.63, 3.8) is 0 Å². The molecule has 1 aromatic carbocycles. The van der Waals surface area contributed by atoms with Gasteiger partial charge in [0, 0.05) is 24.4 Å². The molecule has 2 bridgehead atoms. The van der Waals surface area contributed by atoms with Crippen LogP contribution in [0.25, 0.3) is 0 Å². The lowest BCUT2D eigenvalue weighted by molar-refractivity contribution is 0.0469. The van der Waals surface area contributed by atoms with Crippen LogP contribution in [-0.2, 0) is 4.74 Å². The van der Waals surface area contributed by atoms with Crippen LogP contribution in [0.4, 0.5) is 4.79 Å². The number of aliphatic hydroxyl groups excluding tert-OH is 1. The minimum absolute atomic E-state index is 0.0186. The van der Waals surface area contributed by atoms with Crippen molar-refractivity contribution >= 4 is 6.09 Å². The Labute approximate surface area is 173 Å². The molecule has 2 aliphatic carbocycles. The van der Waals surface area contributed by atoms with E-state index in [-0.39, 0.29) is 18.1 Å². The molecule has 1 heterocycles. The molecule has 3 fully saturated rings. The van der Waals surface area contributed by atoms with E-state index >= 15 is 0 Å². The zero-order chi connectivity index (χ0) is 20.8. The van der Waals surface area contributed by atoms with Crippen LogP contribution in [0.15, 0.2) is 18.2 Å². The molecule has 1 N–H and O–H groups in total. The number of carbonyl (C=O) groups is 1. The summed E-state index contributed by atoms with van der Waals surface area (Å²) < 4.78 is 17.0. The molecular formula is C23H33NO5. The summed E-state index contributed by atoms with van der Waals surface area (Å²) in [5, 5.41) is 10.6. The molecule has 2 saturated carbocycles. The van der Waals surface area contributed by atoms with E-state index in [0.717, 1.165) is 29.4 Å². The van der Waals surface area contributed by atoms with Crippen molar-refractivity contribution in [2.24, 2.45) is 17.3 Å². The zero-order valence-corrected chi connectivity index (χ0v) is 17.9. The number of nitrogens with zero attached hydrogens (tertiary/aromatic N) is 1. The standard InChI is InChI=1S/C23H33NO5/c1-14(25)23(2)13-24(22(26)28-4)12-18(23)16-7-8-19(27-3)21(11-16)29-20-10-15-5-6-17(20)9-15/h7-8,11,14-15,17-18,20,25H,5-6,9-10,12-13H2,1-4H3/t14?,15?,17?,18-,20?,23-/m1/s1. The van der Waals surface area contributed by atoms with Gasteiger partial charge in [0.1, 0.15) is 6.10 Å². The van der Waals surface area contributed by atoms with Gasteiger partial charge in [-0.05, 0) is 62.1 Å². The molecule has 29 heavy (non-hydrogen) atoms. The summed E-state index contributed by atoms with van der Waals surface area (Å²) in [6, 6.07) is 6.02. The molecule has 4 rings (SSSR count). The van der Waals surface area contributed by atoms with Crippen molar-refractivity contribution in [1.82, 2.24) is 4.90 Å². The van der Waals surface area contributed by atoms with Gasteiger partial charge in [-0.1, -0.05) is 13.0 Å². The predicted octanol–water partition coefficient (Wildman–Crippen LogP) is 3.82. The highest BCUT2D eigenvalue weighted by Gasteiger charge is 2.49. The topological polar surface area (TPSA) is 68.2 Å². The van der Waals surface area contributed by atoms with Gasteiger partial charge in [-0.15, -0.1) is 0 Å². The molecule has 0 aromatic heterocycles. The fraction of sp³-hybridized carbons (Fsp3) is 0.696. The van der Waals surface area contributed by atoms with Gasteiger partial charge in [0.15, 0.2) is 11.5 Å². The summed E-state index contributed by atoms with van der Waals surface area (Å²) in [7, 11) is 3.06. The van der Waals surface area contributed by atoms with E-state index in [1.807, 2.05) is 19.1 Å². The third-order valence-corrected chi connectivity index (χ3v) is 7.66. The minimum Gasteiger partial charge on any atom is -0.493 e. The second-order valence-corrected chi connectivity index (χ2v) is 9.33. The highest BCUT2D eigenvalue weighted by atomic mass is 16.5. The van der Waals surface area contributed by atoms with Crippen LogP contribution in [-0.4, -0.2) is 55.6 Å². The number of carbonyl (C=O) groups excluding carboxylic acids is 1. The monoisotopic (exact) mass is 403 g/mol. The third-order valence-electron chi connectivity index (χ3n) is 7.66. The van der Waals surface area contributed by atoms with Crippen molar-refractivity contribution in [2.45, 2.75) is 57.7 Å². The number of amides is 1. The van der Waals surface area contributed by atoms with E-state index in [0.29, 0.717) is 19.0 Å². The summed E-state index contributed by atoms with van der Waals surface area (Å²) in [4.78, 5) is 13.8. The molecule has 6 heteroatoms. The van der Waals surface area contributed by atoms with E-state index in [1.54, 1.807) is 18.9 Å². The Morgan fingerprint density at radius 1 is 1.24 bits per heavy atom. The Hall–Kier alpha value is -1.95. The lowest BCUT2D eigenvalue weighted by Crippen LogP contribution is -2.38. The van der Waals surface area contributed by atoms with E-state index in [1.165, 1.54) is 26.4 Å². The van der Waals surface area contributed by atoms with Crippen LogP contribution in [0.1, 0.15) is 51.0 Å². The number of methoxy groups -OCH3 is 2. The number of rotatable bonds is 5. The fourth-order valence-electron chi connectivity index (χ4n) is 5.69. The quantitative estimate of drug-likeness (QED) is 0.810. The minimum atomic E-state index is -0.570. The number of hydrogen-bond acceptors (Lipinski definition) is 5. The summed E-state index contributed by atoms with van der Waals surface area (Å²) in [5.74, 6) is 2.94. The van der Waals surface area contributed by atoms with E-state index < -0.39 is 11.5 Å². The highest BCUT2D eigenvalue weighted by molar-refractivity contribution is 5.68. The normalized spacial score (nSPS) is 34.3. The molecule has 1 aromatic rings. The number of likely N-dealkylation sites (tertiary alicyclic amines) is 1. The number of ether oxygens (including phenoxy) is 3. The van der Waals surface area contributed by atoms with Crippen LogP contribution in [0.5, 0.6) is 11.5 Å². The molecule has 160 valence electrons. The number of aliphatic hydroxyl groups is 1. The van der Waals surface area contributed by atoms with Gasteiger partial charge in [0.2, 0.25) is 0 Å². The lowest BCUT2D eigenvalue weighted by Gasteiger charge is -2.34. The average Bonchev–Trinajstić information content (AvgIpc) is 3.42. The first-order valence-electron chi connectivity index (χ1n) is 10.7. The molecule has 1 amide bonds. The van der Waals surface area contributed by atoms with Gasteiger partial charge >= 0.3 is 6.09 Å². The van der Waals surface area contributed by atoms with Gasteiger partial charge < -0.3 is 24.2 Å². The molecule has 6 atom stereocenters. The van der Waals surface area contributed by atoms with Crippen molar-refractivity contribution < 1.29 is 24.1 Å². The van der Waals surface area contributed by atoms with Crippen LogP contribution in [0.2, 0.25) is 0 Å². The Bertz CT molecular complexity index is 766. The third kappa shape index (κ3) is 3.56. The Kier molecular flexibility index (Phi) is 5.40. The maximum Gasteiger partial charge on any atom is 0.409 e. The zero-order valence-electron chi connectivity index (χ0n) is 17.9. The van der Waals surface area contributed by atoms with Crippen molar-refractivity contribution in [3.05, 3.63) is 23.8 Å². The first-order chi connectivity index (χ1) is 13.9. The highest BCUT2D eigenvalue weighted by Crippen LogP contribution is 2.49. The Balaban J connectivity index is 1.62. The second kappa shape index (κ2) is 7.71. The van der Waals surface area contributed by atoms with Gasteiger partial charge in [-0.2, -0.15) is 0 Å². The Morgan fingerprint density at radius 3 is 2.62 bits per heavy atom. The summed E-state index contributed by atoms with van der Waals surface area (Å²) in [5.41, 5.74) is 0.589. The van der Waals surface area contributed by atoms with E-state index in [4.69, 9.17) is 14.2 Å². The van der Waals surface area contributed by atoms with Crippen molar-refractivity contribution in [2.75, 3.05) is 27.3 Å². The molecule has 0 spiro atoms. The second-order valence-electron chi connectivity index (χ2n) is 9.33. The number of benzene rings is 1. The Morgan fingerprint density at radius 2 is 2.03 bits per heavy atom. The maximum absolute atomic E-state index is 12.1. The van der Waals surface area contributed by atoms with Crippen molar-refractivity contribution in [3.8, 4) is 11.5 Å². The molecule has 4 unspecified atom stereocenters. The summed E-state index contributed by atoms with van der Waals surface area (Å²) >= 11 is 0. The molecule has 3 aliphatic rings. The van der Waals surface area contributed by atoms with Crippen LogP contribution >= 0.6 is 0 Å². The predicted molar refractivity (Wildman–Crippen MR) is 109 cm³/mol. The van der Waals surface area contributed by atoms with Gasteiger partial charge in [-0.3, -0.25) is 0 Å². The van der Waals surface area contributed by atoms with Crippen molar-refractivity contribution in [1.29, 1.82) is 0 Å². The molecule has 1 aliphatic heterocycles. The van der Waals surface area contributed by atoms with E-state index in [9.17, 15) is 9.90 Å². The summed E-state index contributed by atoms with van der Waals surface area (Å²) in [6.07, 6.45) is 4.34. The summed E-state index contributed by atoms with van der Waals surface area (Å²) in [6.45, 7) is 4.79. The largest absolute Gasteiger partial charge is 0.493 e. The molecule has 6 nitrogen and oxygen atoms in total. The fourth-order valence-corrected chi connectivity index (χ4v) is 5.69. The maximum atomic E-state index is 12.1. The van der Waals surface area contributed by atoms with Crippen LogP contribution < -0.4 is 9.47 Å². The molecular weight excluding hydrogens is 370 g/mol. The molecule has 0 radical (unpaired) electrons. The number of fused-ring (bicyclic) bond motifs is 2. The molecule has 1 saturated heterocycles. The first-order valence-corrected chi connectivity index (χ1v) is 10.7. The van der Waals surface area contributed by atoms with E-state index in [2.05, 4.69) is 6.07 Å². The van der Waals surface area contributed by atoms with Gasteiger partial charge in [-0.25, -0.2) is 4.79 Å². The van der Waals surface area contributed by atoms with Crippen LogP contribution in [0, 0.1) is 17.3 Å². The van der Waals surface area contributed by atoms with Gasteiger partial charge in [0.05, 0.1) is 20.3 Å². The smallest absolute Gasteiger partial charge is 0.409 e. The first kappa shape index (κ1) is 20.3. The van der Waals surface area contributed by atoms with Crippen LogP contribution in [0.3, 0.4) is 0 Å². The SMILES string of the molecule is COC(=O)N1C[C@H](c2ccc(OC)c(OC3CC4CCC3C4)c2)[C@@](C)(C(C)O)C1. The lowest BCUT2D eigenvalue weighted by atomic mass is 9.72. The average molecular weight is 404 g/mol. The number of hydrogen-bond donors (Lipinski definition) is 1. The van der Waals surface area contributed by atoms with Gasteiger partial charge in [0.25, 0.3) is 0 Å².